The van der Waals surface area contributed by atoms with E-state index < -0.39 is 0 Å². The molecule has 0 N–H and O–H groups in total. The molecule has 0 aromatic heterocycles. The molecule has 0 spiro atoms. The third-order valence-electron chi connectivity index (χ3n) is 6.00. The molecule has 1 aromatic carbocycles. The number of rotatable bonds is 8. The van der Waals surface area contributed by atoms with Crippen LogP contribution >= 0.6 is 0 Å². The van der Waals surface area contributed by atoms with Gasteiger partial charge in [-0.3, -0.25) is 4.90 Å². The molecule has 26 heavy (non-hydrogen) atoms. The van der Waals surface area contributed by atoms with E-state index in [-0.39, 0.29) is 0 Å². The van der Waals surface area contributed by atoms with E-state index in [2.05, 4.69) is 53.1 Å². The fraction of sp³-hybridized carbons (Fsp3) is 0.727. The lowest BCUT2D eigenvalue weighted by atomic mass is 10.0. The van der Waals surface area contributed by atoms with Gasteiger partial charge in [0.05, 0.1) is 6.61 Å². The average Bonchev–Trinajstić information content (AvgIpc) is 2.68. The fourth-order valence-corrected chi connectivity index (χ4v) is 4.21. The molecule has 4 nitrogen and oxygen atoms in total. The van der Waals surface area contributed by atoms with Crippen molar-refractivity contribution >= 4 is 0 Å². The van der Waals surface area contributed by atoms with Crippen molar-refractivity contribution in [1.29, 1.82) is 0 Å². The van der Waals surface area contributed by atoms with Crippen molar-refractivity contribution in [2.24, 2.45) is 0 Å². The highest BCUT2D eigenvalue weighted by Crippen LogP contribution is 2.18. The van der Waals surface area contributed by atoms with Gasteiger partial charge in [0, 0.05) is 19.1 Å². The summed E-state index contributed by atoms with van der Waals surface area (Å²) < 4.78 is 5.94. The Bertz CT molecular complexity index is 505. The predicted molar refractivity (Wildman–Crippen MR) is 109 cm³/mol. The highest BCUT2D eigenvalue weighted by atomic mass is 16.5. The molecule has 146 valence electrons. The molecule has 1 aromatic rings. The second-order valence-corrected chi connectivity index (χ2v) is 8.20. The van der Waals surface area contributed by atoms with Crippen molar-refractivity contribution in [3.63, 3.8) is 0 Å². The number of nitrogens with zero attached hydrogens (tertiary/aromatic N) is 3. The average molecular weight is 360 g/mol. The van der Waals surface area contributed by atoms with Crippen LogP contribution in [0, 0.1) is 0 Å². The summed E-state index contributed by atoms with van der Waals surface area (Å²) in [5.74, 6) is 1.01. The fourth-order valence-electron chi connectivity index (χ4n) is 4.21. The van der Waals surface area contributed by atoms with Crippen LogP contribution in [0.1, 0.15) is 44.1 Å². The van der Waals surface area contributed by atoms with Gasteiger partial charge in [-0.2, -0.15) is 0 Å². The molecule has 4 heteroatoms. The molecule has 0 amide bonds. The molecule has 2 fully saturated rings. The maximum absolute atomic E-state index is 5.94. The molecule has 2 aliphatic rings. The lowest BCUT2D eigenvalue weighted by Gasteiger charge is -2.35. The Morgan fingerprint density at radius 2 is 1.69 bits per heavy atom. The molecule has 0 bridgehead atoms. The monoisotopic (exact) mass is 359 g/mol. The maximum Gasteiger partial charge on any atom is 0.119 e. The van der Waals surface area contributed by atoms with Gasteiger partial charge in [-0.05, 0) is 90.1 Å². The van der Waals surface area contributed by atoms with Crippen molar-refractivity contribution in [1.82, 2.24) is 14.7 Å². The lowest BCUT2D eigenvalue weighted by Crippen LogP contribution is -2.41. The zero-order chi connectivity index (χ0) is 18.2. The van der Waals surface area contributed by atoms with E-state index in [4.69, 9.17) is 4.74 Å². The quantitative estimate of drug-likeness (QED) is 0.662. The first kappa shape index (κ1) is 19.7. The summed E-state index contributed by atoms with van der Waals surface area (Å²) in [6, 6.07) is 9.45. The van der Waals surface area contributed by atoms with Crippen LogP contribution in [0.3, 0.4) is 0 Å². The number of piperidine rings is 2. The molecule has 0 unspecified atom stereocenters. The topological polar surface area (TPSA) is 19.0 Å². The van der Waals surface area contributed by atoms with Crippen molar-refractivity contribution in [2.45, 2.75) is 51.1 Å². The number of likely N-dealkylation sites (tertiary alicyclic amines) is 2. The molecule has 2 saturated heterocycles. The van der Waals surface area contributed by atoms with Crippen LogP contribution in [0.2, 0.25) is 0 Å². The number of hydrogen-bond donors (Lipinski definition) is 0. The number of benzene rings is 1. The molecule has 0 atom stereocenters. The molecule has 3 rings (SSSR count). The van der Waals surface area contributed by atoms with E-state index in [1.807, 2.05) is 0 Å². The Labute approximate surface area is 160 Å². The van der Waals surface area contributed by atoms with E-state index >= 15 is 0 Å². The van der Waals surface area contributed by atoms with Gasteiger partial charge in [-0.1, -0.05) is 18.6 Å². The van der Waals surface area contributed by atoms with Crippen LogP contribution in [0.25, 0.3) is 0 Å². The van der Waals surface area contributed by atoms with Crippen molar-refractivity contribution < 1.29 is 4.74 Å². The van der Waals surface area contributed by atoms with Gasteiger partial charge in [-0.15, -0.1) is 0 Å². The second-order valence-electron chi connectivity index (χ2n) is 8.20. The summed E-state index contributed by atoms with van der Waals surface area (Å²) >= 11 is 0. The first-order chi connectivity index (χ1) is 12.7. The molecular weight excluding hydrogens is 322 g/mol. The van der Waals surface area contributed by atoms with Gasteiger partial charge in [0.1, 0.15) is 5.75 Å². The normalized spacial score (nSPS) is 20.6. The van der Waals surface area contributed by atoms with Crippen LogP contribution in [0.15, 0.2) is 24.3 Å². The Morgan fingerprint density at radius 1 is 1.00 bits per heavy atom. The third-order valence-corrected chi connectivity index (χ3v) is 6.00. The van der Waals surface area contributed by atoms with Crippen molar-refractivity contribution in [2.75, 3.05) is 53.4 Å². The molecule has 0 saturated carbocycles. The second kappa shape index (κ2) is 10.3. The predicted octanol–water partition coefficient (Wildman–Crippen LogP) is 3.47. The third kappa shape index (κ3) is 6.26. The van der Waals surface area contributed by atoms with E-state index in [0.29, 0.717) is 0 Å². The first-order valence-corrected chi connectivity index (χ1v) is 10.5. The largest absolute Gasteiger partial charge is 0.494 e. The van der Waals surface area contributed by atoms with Gasteiger partial charge in [0.2, 0.25) is 0 Å². The molecule has 0 aliphatic carbocycles. The Kier molecular flexibility index (Phi) is 7.78. The summed E-state index contributed by atoms with van der Waals surface area (Å²) in [5, 5.41) is 0. The highest BCUT2D eigenvalue weighted by molar-refractivity contribution is 5.27. The minimum Gasteiger partial charge on any atom is -0.494 e. The highest BCUT2D eigenvalue weighted by Gasteiger charge is 2.20. The van der Waals surface area contributed by atoms with Crippen LogP contribution in [-0.2, 0) is 6.54 Å². The van der Waals surface area contributed by atoms with Gasteiger partial charge in [-0.25, -0.2) is 0 Å². The van der Waals surface area contributed by atoms with Crippen molar-refractivity contribution in [3.8, 4) is 5.75 Å². The van der Waals surface area contributed by atoms with E-state index in [9.17, 15) is 0 Å². The van der Waals surface area contributed by atoms with Crippen LogP contribution in [-0.4, -0.2) is 74.2 Å². The zero-order valence-electron chi connectivity index (χ0n) is 16.8. The molecular formula is C22H37N3O. The summed E-state index contributed by atoms with van der Waals surface area (Å²) in [7, 11) is 4.49. The smallest absolute Gasteiger partial charge is 0.119 e. The Balaban J connectivity index is 1.35. The summed E-state index contributed by atoms with van der Waals surface area (Å²) in [6.07, 6.45) is 7.84. The number of ether oxygens (including phenoxy) is 1. The van der Waals surface area contributed by atoms with Gasteiger partial charge < -0.3 is 14.5 Å². The standard InChI is InChI=1S/C22H37N3O/c1-23-16-11-21(12-17-23)24(2)19-20-7-9-22(10-8-20)26-18-6-15-25-13-4-3-5-14-25/h7-10,21H,3-6,11-19H2,1-2H3. The Hall–Kier alpha value is -1.10. The van der Waals surface area contributed by atoms with Gasteiger partial charge in [0.15, 0.2) is 0 Å². The Morgan fingerprint density at radius 3 is 2.38 bits per heavy atom. The van der Waals surface area contributed by atoms with E-state index in [1.165, 1.54) is 70.4 Å². The van der Waals surface area contributed by atoms with Crippen LogP contribution in [0.5, 0.6) is 5.75 Å². The minimum absolute atomic E-state index is 0.719. The lowest BCUT2D eigenvalue weighted by molar-refractivity contribution is 0.139. The molecule has 0 radical (unpaired) electrons. The maximum atomic E-state index is 5.94. The number of hydrogen-bond acceptors (Lipinski definition) is 4. The van der Waals surface area contributed by atoms with Crippen LogP contribution < -0.4 is 4.74 Å². The zero-order valence-corrected chi connectivity index (χ0v) is 16.8. The van der Waals surface area contributed by atoms with E-state index in [1.54, 1.807) is 0 Å². The minimum atomic E-state index is 0.719. The summed E-state index contributed by atoms with van der Waals surface area (Å²) in [5.41, 5.74) is 1.38. The summed E-state index contributed by atoms with van der Waals surface area (Å²) in [4.78, 5) is 7.53. The molecule has 2 aliphatic heterocycles. The summed E-state index contributed by atoms with van der Waals surface area (Å²) in [6.45, 7) is 8.03. The first-order valence-electron chi connectivity index (χ1n) is 10.5. The van der Waals surface area contributed by atoms with Crippen molar-refractivity contribution in [3.05, 3.63) is 29.8 Å². The van der Waals surface area contributed by atoms with Gasteiger partial charge >= 0.3 is 0 Å². The molecule has 2 heterocycles. The van der Waals surface area contributed by atoms with E-state index in [0.717, 1.165) is 31.4 Å². The SMILES string of the molecule is CN1CCC(N(C)Cc2ccc(OCCCN3CCCCC3)cc2)CC1. The van der Waals surface area contributed by atoms with Crippen LogP contribution in [0.4, 0.5) is 0 Å². The van der Waals surface area contributed by atoms with Gasteiger partial charge in [0.25, 0.3) is 0 Å².